The number of piperazine rings is 1. The van der Waals surface area contributed by atoms with Gasteiger partial charge >= 0.3 is 0 Å². The summed E-state index contributed by atoms with van der Waals surface area (Å²) < 4.78 is 13.5. The zero-order valence-electron chi connectivity index (χ0n) is 24.3. The molecule has 10 heteroatoms. The summed E-state index contributed by atoms with van der Waals surface area (Å²) in [4.78, 5) is 33.6. The van der Waals surface area contributed by atoms with Crippen molar-refractivity contribution in [2.24, 2.45) is 5.10 Å². The molecule has 0 spiro atoms. The minimum Gasteiger partial charge on any atom is -0.395 e. The number of aliphatic hydroxyl groups is 1. The van der Waals surface area contributed by atoms with Gasteiger partial charge in [0.1, 0.15) is 5.82 Å². The van der Waals surface area contributed by atoms with Crippen LogP contribution in [0.3, 0.4) is 0 Å². The van der Waals surface area contributed by atoms with Crippen molar-refractivity contribution in [3.8, 4) is 0 Å². The van der Waals surface area contributed by atoms with E-state index in [0.29, 0.717) is 28.9 Å². The Kier molecular flexibility index (Phi) is 10.5. The van der Waals surface area contributed by atoms with Gasteiger partial charge in [-0.3, -0.25) is 19.4 Å². The smallest absolute Gasteiger partial charge is 0.273 e. The van der Waals surface area contributed by atoms with E-state index in [9.17, 15) is 19.1 Å². The fourth-order valence-electron chi connectivity index (χ4n) is 5.57. The number of carbonyl (C=O) groups is 2. The van der Waals surface area contributed by atoms with Gasteiger partial charge in [0.05, 0.1) is 24.1 Å². The van der Waals surface area contributed by atoms with E-state index < -0.39 is 5.91 Å². The van der Waals surface area contributed by atoms with E-state index in [1.165, 1.54) is 24.8 Å². The highest BCUT2D eigenvalue weighted by Crippen LogP contribution is 2.27. The fourth-order valence-corrected chi connectivity index (χ4v) is 5.57. The SMILES string of the molecule is O=C(Nc1ccc(N2CCCCC2)cc1C(=O)N/N=C/c1cccc(F)c1)c1cccc(CN2CCN(CCO)CC2)c1. The van der Waals surface area contributed by atoms with E-state index in [1.54, 1.807) is 30.3 Å². The number of halogens is 1. The van der Waals surface area contributed by atoms with Gasteiger partial charge in [-0.15, -0.1) is 0 Å². The van der Waals surface area contributed by atoms with Gasteiger partial charge in [-0.1, -0.05) is 24.3 Å². The number of hydrazone groups is 1. The summed E-state index contributed by atoms with van der Waals surface area (Å²) in [7, 11) is 0. The molecule has 0 aromatic heterocycles. The Morgan fingerprint density at radius 1 is 0.860 bits per heavy atom. The molecule has 3 N–H and O–H groups in total. The van der Waals surface area contributed by atoms with Gasteiger partial charge in [0, 0.05) is 63.6 Å². The van der Waals surface area contributed by atoms with E-state index in [-0.39, 0.29) is 18.3 Å². The van der Waals surface area contributed by atoms with E-state index in [4.69, 9.17) is 0 Å². The molecule has 2 amide bonds. The Morgan fingerprint density at radius 3 is 2.40 bits per heavy atom. The Morgan fingerprint density at radius 2 is 1.63 bits per heavy atom. The normalized spacial score (nSPS) is 16.4. The molecule has 0 bridgehead atoms. The summed E-state index contributed by atoms with van der Waals surface area (Å²) in [6, 6.07) is 19.0. The van der Waals surface area contributed by atoms with Gasteiger partial charge in [-0.2, -0.15) is 5.10 Å². The Bertz CT molecular complexity index is 1430. The Labute approximate surface area is 252 Å². The average Bonchev–Trinajstić information content (AvgIpc) is 3.03. The van der Waals surface area contributed by atoms with Crippen molar-refractivity contribution in [1.82, 2.24) is 15.2 Å². The second kappa shape index (κ2) is 14.9. The molecule has 0 aliphatic carbocycles. The molecule has 2 saturated heterocycles. The number of carbonyl (C=O) groups excluding carboxylic acids is 2. The number of aliphatic hydroxyl groups excluding tert-OH is 1. The van der Waals surface area contributed by atoms with E-state index in [1.807, 2.05) is 24.3 Å². The number of nitrogens with one attached hydrogen (secondary N) is 2. The van der Waals surface area contributed by atoms with Crippen LogP contribution >= 0.6 is 0 Å². The number of hydrogen-bond acceptors (Lipinski definition) is 7. The molecule has 3 aromatic carbocycles. The van der Waals surface area contributed by atoms with E-state index >= 15 is 0 Å². The molecule has 9 nitrogen and oxygen atoms in total. The average molecular weight is 587 g/mol. The van der Waals surface area contributed by atoms with Crippen LogP contribution < -0.4 is 15.6 Å². The minimum atomic E-state index is -0.476. The van der Waals surface area contributed by atoms with Gasteiger partial charge < -0.3 is 15.3 Å². The van der Waals surface area contributed by atoms with Crippen LogP contribution in [0.1, 0.15) is 51.1 Å². The van der Waals surface area contributed by atoms with Crippen molar-refractivity contribution in [2.45, 2.75) is 25.8 Å². The number of amides is 2. The zero-order chi connectivity index (χ0) is 30.0. The number of anilines is 2. The van der Waals surface area contributed by atoms with Crippen LogP contribution in [0.4, 0.5) is 15.8 Å². The van der Waals surface area contributed by atoms with Crippen LogP contribution in [0.5, 0.6) is 0 Å². The van der Waals surface area contributed by atoms with Crippen molar-refractivity contribution in [1.29, 1.82) is 0 Å². The van der Waals surface area contributed by atoms with Crippen molar-refractivity contribution >= 4 is 29.4 Å². The first-order chi connectivity index (χ1) is 21.0. The lowest BCUT2D eigenvalue weighted by molar-refractivity contribution is 0.0956. The molecule has 0 saturated carbocycles. The van der Waals surface area contributed by atoms with Crippen LogP contribution in [0.2, 0.25) is 0 Å². The Balaban J connectivity index is 1.30. The van der Waals surface area contributed by atoms with Crippen molar-refractivity contribution in [3.63, 3.8) is 0 Å². The van der Waals surface area contributed by atoms with Crippen molar-refractivity contribution < 1.29 is 19.1 Å². The first-order valence-electron chi connectivity index (χ1n) is 14.9. The fraction of sp³-hybridized carbons (Fsp3) is 0.364. The van der Waals surface area contributed by atoms with Gasteiger partial charge in [0.25, 0.3) is 11.8 Å². The molecule has 0 atom stereocenters. The third-order valence-corrected chi connectivity index (χ3v) is 7.92. The first kappa shape index (κ1) is 30.3. The maximum atomic E-state index is 13.5. The van der Waals surface area contributed by atoms with Crippen LogP contribution in [0.15, 0.2) is 71.8 Å². The molecule has 2 heterocycles. The first-order valence-corrected chi connectivity index (χ1v) is 14.9. The number of nitrogens with zero attached hydrogens (tertiary/aromatic N) is 4. The highest BCUT2D eigenvalue weighted by Gasteiger charge is 2.20. The third kappa shape index (κ3) is 8.47. The molecular formula is C33H39FN6O3. The lowest BCUT2D eigenvalue weighted by Crippen LogP contribution is -2.46. The zero-order valence-corrected chi connectivity index (χ0v) is 24.3. The predicted molar refractivity (Wildman–Crippen MR) is 167 cm³/mol. The summed E-state index contributed by atoms with van der Waals surface area (Å²) in [5.41, 5.74) is 6.18. The van der Waals surface area contributed by atoms with Crippen molar-refractivity contribution in [2.75, 3.05) is 62.6 Å². The third-order valence-electron chi connectivity index (χ3n) is 7.92. The number of benzene rings is 3. The molecule has 226 valence electrons. The molecule has 43 heavy (non-hydrogen) atoms. The number of β-amino-alcohol motifs (C(OH)–C–C–N with tert-alkyl or cyclic N) is 1. The summed E-state index contributed by atoms with van der Waals surface area (Å²) >= 11 is 0. The quantitative estimate of drug-likeness (QED) is 0.246. The van der Waals surface area contributed by atoms with Gasteiger partial charge in [-0.25, -0.2) is 9.82 Å². The number of hydrogen-bond donors (Lipinski definition) is 3. The van der Waals surface area contributed by atoms with Crippen LogP contribution in [-0.2, 0) is 6.54 Å². The molecule has 0 unspecified atom stereocenters. The van der Waals surface area contributed by atoms with Crippen molar-refractivity contribution in [3.05, 3.63) is 94.8 Å². The lowest BCUT2D eigenvalue weighted by Gasteiger charge is -2.34. The van der Waals surface area contributed by atoms with Crippen LogP contribution in [-0.4, -0.2) is 85.4 Å². The molecule has 3 aromatic rings. The molecule has 0 radical (unpaired) electrons. The highest BCUT2D eigenvalue weighted by molar-refractivity contribution is 6.09. The monoisotopic (exact) mass is 586 g/mol. The largest absolute Gasteiger partial charge is 0.395 e. The Hall–Kier alpha value is -4.12. The summed E-state index contributed by atoms with van der Waals surface area (Å²) in [6.07, 6.45) is 4.75. The molecule has 2 aliphatic heterocycles. The molecule has 5 rings (SSSR count). The summed E-state index contributed by atoms with van der Waals surface area (Å²) in [6.45, 7) is 7.04. The molecule has 2 aliphatic rings. The molecular weight excluding hydrogens is 547 g/mol. The van der Waals surface area contributed by atoms with Gasteiger partial charge in [-0.05, 0) is 72.9 Å². The second-order valence-corrected chi connectivity index (χ2v) is 11.0. The maximum Gasteiger partial charge on any atom is 0.273 e. The standard InChI is InChI=1S/C33H39FN6O3/c34-28-9-5-6-25(21-28)23-35-37-33(43)30-22-29(40-12-2-1-3-13-40)10-11-31(30)36-32(42)27-8-4-7-26(20-27)24-39-16-14-38(15-17-39)18-19-41/h4-11,20-23,41H,1-3,12-19,24H2,(H,36,42)(H,37,43)/b35-23+. The highest BCUT2D eigenvalue weighted by atomic mass is 19.1. The number of piperidine rings is 1. The van der Waals surface area contributed by atoms with Gasteiger partial charge in [0.2, 0.25) is 0 Å². The summed E-state index contributed by atoms with van der Waals surface area (Å²) in [5, 5.41) is 16.1. The second-order valence-electron chi connectivity index (χ2n) is 11.0. The van der Waals surface area contributed by atoms with E-state index in [2.05, 4.69) is 30.5 Å². The van der Waals surface area contributed by atoms with E-state index in [0.717, 1.165) is 69.9 Å². The van der Waals surface area contributed by atoms with Crippen LogP contribution in [0, 0.1) is 5.82 Å². The maximum absolute atomic E-state index is 13.5. The molecule has 2 fully saturated rings. The number of rotatable bonds is 10. The van der Waals surface area contributed by atoms with Crippen LogP contribution in [0.25, 0.3) is 0 Å². The topological polar surface area (TPSA) is 101 Å². The predicted octanol–water partition coefficient (Wildman–Crippen LogP) is 3.94. The van der Waals surface area contributed by atoms with Gasteiger partial charge in [0.15, 0.2) is 0 Å². The minimum absolute atomic E-state index is 0.170. The lowest BCUT2D eigenvalue weighted by atomic mass is 10.1. The summed E-state index contributed by atoms with van der Waals surface area (Å²) in [5.74, 6) is -1.17.